The molecule has 1 unspecified atom stereocenters. The van der Waals surface area contributed by atoms with Crippen LogP contribution in [0.4, 0.5) is 0 Å². The molecule has 0 radical (unpaired) electrons. The number of hydrogen-bond acceptors (Lipinski definition) is 3. The van der Waals surface area contributed by atoms with Crippen molar-refractivity contribution in [1.29, 1.82) is 0 Å². The number of carboxylic acid groups (broad SMARTS) is 1. The van der Waals surface area contributed by atoms with Crippen LogP contribution in [0.1, 0.15) is 129 Å². The second-order valence-electron chi connectivity index (χ2n) is 7.84. The monoisotopic (exact) mass is 384 g/mol. The third-order valence-electron chi connectivity index (χ3n) is 5.06. The summed E-state index contributed by atoms with van der Waals surface area (Å²) in [6, 6.07) is 0. The van der Waals surface area contributed by atoms with Crippen molar-refractivity contribution in [1.82, 2.24) is 0 Å². The molecule has 0 amide bonds. The van der Waals surface area contributed by atoms with Crippen LogP contribution < -0.4 is 0 Å². The lowest BCUT2D eigenvalue weighted by atomic mass is 10.0. The maximum atomic E-state index is 12.0. The summed E-state index contributed by atoms with van der Waals surface area (Å²) >= 11 is 0. The first-order valence-electron chi connectivity index (χ1n) is 11.5. The van der Waals surface area contributed by atoms with Crippen molar-refractivity contribution in [3.8, 4) is 0 Å². The maximum Gasteiger partial charge on any atom is 0.307 e. The average molecular weight is 385 g/mol. The maximum absolute atomic E-state index is 12.0. The number of aliphatic carboxylic acids is 1. The van der Waals surface area contributed by atoms with E-state index in [1.807, 2.05) is 0 Å². The molecule has 0 bridgehead atoms. The number of carbonyl (C=O) groups is 2. The summed E-state index contributed by atoms with van der Waals surface area (Å²) in [5.74, 6) is -1.11. The lowest BCUT2D eigenvalue weighted by molar-refractivity contribution is -0.153. The molecule has 0 fully saturated rings. The molecule has 0 saturated heterocycles. The minimum absolute atomic E-state index is 0.0702. The molecular formula is C23H44O4. The lowest BCUT2D eigenvalue weighted by Gasteiger charge is -2.16. The molecule has 1 atom stereocenters. The summed E-state index contributed by atoms with van der Waals surface area (Å²) in [5.41, 5.74) is 0. The summed E-state index contributed by atoms with van der Waals surface area (Å²) in [7, 11) is 0. The van der Waals surface area contributed by atoms with E-state index in [1.54, 1.807) is 0 Å². The largest absolute Gasteiger partial charge is 0.481 e. The lowest BCUT2D eigenvalue weighted by Crippen LogP contribution is -2.21. The summed E-state index contributed by atoms with van der Waals surface area (Å²) in [4.78, 5) is 23.0. The second kappa shape index (κ2) is 19.7. The zero-order valence-electron chi connectivity index (χ0n) is 18.0. The highest BCUT2D eigenvalue weighted by Crippen LogP contribution is 2.15. The van der Waals surface area contributed by atoms with E-state index in [2.05, 4.69) is 13.8 Å². The van der Waals surface area contributed by atoms with Gasteiger partial charge >= 0.3 is 11.9 Å². The Labute approximate surface area is 167 Å². The fourth-order valence-electron chi connectivity index (χ4n) is 3.37. The number of ether oxygens (including phenoxy) is 1. The molecule has 0 heterocycles. The quantitative estimate of drug-likeness (QED) is 0.180. The molecule has 160 valence electrons. The van der Waals surface area contributed by atoms with E-state index >= 15 is 0 Å². The molecule has 0 aromatic rings. The van der Waals surface area contributed by atoms with Crippen molar-refractivity contribution in [2.75, 3.05) is 0 Å². The van der Waals surface area contributed by atoms with Gasteiger partial charge in [-0.05, 0) is 19.3 Å². The molecule has 4 nitrogen and oxygen atoms in total. The third kappa shape index (κ3) is 19.5. The van der Waals surface area contributed by atoms with Crippen molar-refractivity contribution in [2.45, 2.75) is 136 Å². The smallest absolute Gasteiger partial charge is 0.307 e. The van der Waals surface area contributed by atoms with Gasteiger partial charge in [0.1, 0.15) is 6.10 Å². The van der Waals surface area contributed by atoms with Gasteiger partial charge in [-0.15, -0.1) is 0 Å². The zero-order valence-corrected chi connectivity index (χ0v) is 18.0. The second-order valence-corrected chi connectivity index (χ2v) is 7.84. The predicted molar refractivity (Wildman–Crippen MR) is 112 cm³/mol. The van der Waals surface area contributed by atoms with E-state index in [0.717, 1.165) is 25.7 Å². The van der Waals surface area contributed by atoms with Crippen molar-refractivity contribution < 1.29 is 19.4 Å². The van der Waals surface area contributed by atoms with Crippen molar-refractivity contribution in [3.63, 3.8) is 0 Å². The topological polar surface area (TPSA) is 63.6 Å². The zero-order chi connectivity index (χ0) is 20.2. The Morgan fingerprint density at radius 1 is 0.704 bits per heavy atom. The summed E-state index contributed by atoms with van der Waals surface area (Å²) in [6.45, 7) is 4.43. The van der Waals surface area contributed by atoms with E-state index in [-0.39, 0.29) is 12.4 Å². The molecule has 0 aromatic heterocycles. The molecule has 1 N–H and O–H groups in total. The van der Waals surface area contributed by atoms with Gasteiger partial charge in [-0.1, -0.05) is 97.3 Å². The van der Waals surface area contributed by atoms with Gasteiger partial charge in [0, 0.05) is 6.42 Å². The fourth-order valence-corrected chi connectivity index (χ4v) is 3.37. The van der Waals surface area contributed by atoms with E-state index < -0.39 is 12.1 Å². The molecule has 0 aromatic carbocycles. The molecule has 0 aliphatic heterocycles. The van der Waals surface area contributed by atoms with E-state index in [4.69, 9.17) is 9.84 Å². The number of rotatable bonds is 20. The fraction of sp³-hybridized carbons (Fsp3) is 0.913. The molecule has 27 heavy (non-hydrogen) atoms. The highest BCUT2D eigenvalue weighted by Gasteiger charge is 2.17. The highest BCUT2D eigenvalue weighted by molar-refractivity contribution is 5.71. The summed E-state index contributed by atoms with van der Waals surface area (Å²) < 4.78 is 5.45. The van der Waals surface area contributed by atoms with Gasteiger partial charge in [-0.3, -0.25) is 9.59 Å². The van der Waals surface area contributed by atoms with Crippen LogP contribution in [0.2, 0.25) is 0 Å². The van der Waals surface area contributed by atoms with Crippen molar-refractivity contribution in [3.05, 3.63) is 0 Å². The molecular weight excluding hydrogens is 340 g/mol. The average Bonchev–Trinajstić information content (AvgIpc) is 2.62. The van der Waals surface area contributed by atoms with Gasteiger partial charge in [0.05, 0.1) is 6.42 Å². The Hall–Kier alpha value is -1.06. The molecule has 0 spiro atoms. The Bertz CT molecular complexity index is 354. The summed E-state index contributed by atoms with van der Waals surface area (Å²) in [6.07, 6.45) is 18.4. The van der Waals surface area contributed by atoms with E-state index in [0.29, 0.717) is 12.8 Å². The van der Waals surface area contributed by atoms with Crippen LogP contribution >= 0.6 is 0 Å². The normalized spacial score (nSPS) is 12.1. The van der Waals surface area contributed by atoms with Gasteiger partial charge in [0.25, 0.3) is 0 Å². The van der Waals surface area contributed by atoms with Gasteiger partial charge in [-0.25, -0.2) is 0 Å². The third-order valence-corrected chi connectivity index (χ3v) is 5.06. The van der Waals surface area contributed by atoms with Gasteiger partial charge in [0.15, 0.2) is 0 Å². The van der Waals surface area contributed by atoms with Gasteiger partial charge < -0.3 is 9.84 Å². The van der Waals surface area contributed by atoms with Crippen molar-refractivity contribution >= 4 is 11.9 Å². The highest BCUT2D eigenvalue weighted by atomic mass is 16.5. The minimum atomic E-state index is -0.886. The first-order chi connectivity index (χ1) is 13.1. The van der Waals surface area contributed by atoms with Crippen LogP contribution in [0.25, 0.3) is 0 Å². The van der Waals surface area contributed by atoms with Crippen LogP contribution in [0.5, 0.6) is 0 Å². The predicted octanol–water partition coefficient (Wildman–Crippen LogP) is 7.04. The first-order valence-corrected chi connectivity index (χ1v) is 11.5. The minimum Gasteiger partial charge on any atom is -0.481 e. The summed E-state index contributed by atoms with van der Waals surface area (Å²) in [5, 5.41) is 9.05. The molecule has 0 aliphatic carbocycles. The van der Waals surface area contributed by atoms with E-state index in [1.165, 1.54) is 70.6 Å². The molecule has 4 heteroatoms. The number of carboxylic acids is 1. The standard InChI is InChI=1S/C23H44O4/c1-3-5-7-9-11-13-14-16-18-21(20-22(24)25)27-23(26)19-17-15-12-10-8-6-4-2/h21H,3-20H2,1-2H3,(H,24,25). The number of hydrogen-bond donors (Lipinski definition) is 1. The number of esters is 1. The van der Waals surface area contributed by atoms with Crippen LogP contribution in [-0.4, -0.2) is 23.1 Å². The Morgan fingerprint density at radius 3 is 1.63 bits per heavy atom. The van der Waals surface area contributed by atoms with Crippen LogP contribution in [-0.2, 0) is 14.3 Å². The Kier molecular flexibility index (Phi) is 18.9. The van der Waals surface area contributed by atoms with Crippen LogP contribution in [0, 0.1) is 0 Å². The Morgan fingerprint density at radius 2 is 1.15 bits per heavy atom. The van der Waals surface area contributed by atoms with Gasteiger partial charge in [-0.2, -0.15) is 0 Å². The molecule has 0 saturated carbocycles. The van der Waals surface area contributed by atoms with Crippen LogP contribution in [0.3, 0.4) is 0 Å². The molecule has 0 aliphatic rings. The SMILES string of the molecule is CCCCCCCCCCC(CC(=O)O)OC(=O)CCCCCCCCC. The van der Waals surface area contributed by atoms with E-state index in [9.17, 15) is 9.59 Å². The van der Waals surface area contributed by atoms with Crippen LogP contribution in [0.15, 0.2) is 0 Å². The first kappa shape index (κ1) is 25.9. The van der Waals surface area contributed by atoms with Crippen molar-refractivity contribution in [2.24, 2.45) is 0 Å². The molecule has 0 rings (SSSR count). The Balaban J connectivity index is 3.81. The van der Waals surface area contributed by atoms with Gasteiger partial charge in [0.2, 0.25) is 0 Å². The number of unbranched alkanes of at least 4 members (excludes halogenated alkanes) is 13. The number of carbonyl (C=O) groups excluding carboxylic acids is 1.